The highest BCUT2D eigenvalue weighted by atomic mass is 16.6. The Bertz CT molecular complexity index is 1330. The first-order valence-electron chi connectivity index (χ1n) is 9.82. The van der Waals surface area contributed by atoms with Gasteiger partial charge in [-0.25, -0.2) is 9.97 Å². The van der Waals surface area contributed by atoms with Crippen LogP contribution in [0.15, 0.2) is 67.0 Å². The number of anilines is 3. The van der Waals surface area contributed by atoms with Crippen LogP contribution in [0.5, 0.6) is 0 Å². The van der Waals surface area contributed by atoms with Gasteiger partial charge in [-0.15, -0.1) is 0 Å². The summed E-state index contributed by atoms with van der Waals surface area (Å²) < 4.78 is 0. The van der Waals surface area contributed by atoms with Crippen LogP contribution in [0, 0.1) is 24.0 Å². The Balaban J connectivity index is 1.59. The molecule has 3 N–H and O–H groups in total. The molecular weight excluding hydrogens is 408 g/mol. The van der Waals surface area contributed by atoms with E-state index in [9.17, 15) is 14.9 Å². The summed E-state index contributed by atoms with van der Waals surface area (Å²) in [4.78, 5) is 31.9. The van der Waals surface area contributed by atoms with Crippen molar-refractivity contribution in [2.24, 2.45) is 0 Å². The van der Waals surface area contributed by atoms with Gasteiger partial charge in [0.05, 0.1) is 4.92 Å². The van der Waals surface area contributed by atoms with Gasteiger partial charge in [0.25, 0.3) is 5.91 Å². The Morgan fingerprint density at radius 3 is 2.47 bits per heavy atom. The number of nitrogens with zero attached hydrogens (tertiary/aromatic N) is 3. The number of rotatable bonds is 6. The third-order valence-electron chi connectivity index (χ3n) is 5.10. The van der Waals surface area contributed by atoms with Crippen molar-refractivity contribution in [1.82, 2.24) is 15.4 Å². The lowest BCUT2D eigenvalue weighted by Crippen LogP contribution is -2.30. The van der Waals surface area contributed by atoms with Crippen molar-refractivity contribution in [2.45, 2.75) is 13.8 Å². The SMILES string of the molecule is Cc1ccc(Nc2ncnc(NNC(=O)c3cccc4ccccc34)c2[N+](=O)[O-])cc1C. The second-order valence-electron chi connectivity index (χ2n) is 7.21. The average molecular weight is 428 g/mol. The van der Waals surface area contributed by atoms with E-state index >= 15 is 0 Å². The van der Waals surface area contributed by atoms with E-state index in [1.54, 1.807) is 12.1 Å². The largest absolute Gasteiger partial charge is 0.355 e. The monoisotopic (exact) mass is 428 g/mol. The highest BCUT2D eigenvalue weighted by molar-refractivity contribution is 6.07. The molecule has 0 saturated heterocycles. The number of fused-ring (bicyclic) bond motifs is 1. The van der Waals surface area contributed by atoms with Gasteiger partial charge in [-0.2, -0.15) is 0 Å². The molecule has 9 heteroatoms. The van der Waals surface area contributed by atoms with Crippen LogP contribution in [0.25, 0.3) is 10.8 Å². The molecule has 0 unspecified atom stereocenters. The number of nitro groups is 1. The highest BCUT2D eigenvalue weighted by Crippen LogP contribution is 2.31. The van der Waals surface area contributed by atoms with Gasteiger partial charge in [-0.1, -0.05) is 42.5 Å². The Morgan fingerprint density at radius 2 is 1.69 bits per heavy atom. The molecule has 0 spiro atoms. The van der Waals surface area contributed by atoms with Crippen molar-refractivity contribution in [2.75, 3.05) is 10.7 Å². The molecule has 9 nitrogen and oxygen atoms in total. The molecule has 0 saturated carbocycles. The molecule has 1 aromatic heterocycles. The first-order chi connectivity index (χ1) is 15.4. The minimum Gasteiger partial charge on any atom is -0.334 e. The minimum absolute atomic E-state index is 0.00941. The van der Waals surface area contributed by atoms with Gasteiger partial charge in [0.2, 0.25) is 11.6 Å². The van der Waals surface area contributed by atoms with Crippen molar-refractivity contribution in [3.63, 3.8) is 0 Å². The number of aromatic nitrogens is 2. The Morgan fingerprint density at radius 1 is 0.938 bits per heavy atom. The summed E-state index contributed by atoms with van der Waals surface area (Å²) in [7, 11) is 0. The normalized spacial score (nSPS) is 10.6. The fourth-order valence-corrected chi connectivity index (χ4v) is 3.30. The van der Waals surface area contributed by atoms with Crippen LogP contribution in [0.3, 0.4) is 0 Å². The van der Waals surface area contributed by atoms with Crippen LogP contribution in [-0.2, 0) is 0 Å². The number of hydrogen-bond donors (Lipinski definition) is 3. The number of carbonyl (C=O) groups excluding carboxylic acids is 1. The van der Waals surface area contributed by atoms with Crippen molar-refractivity contribution < 1.29 is 9.72 Å². The predicted octanol–water partition coefficient (Wildman–Crippen LogP) is 4.66. The molecule has 4 aromatic rings. The lowest BCUT2D eigenvalue weighted by Gasteiger charge is -2.12. The van der Waals surface area contributed by atoms with E-state index in [1.807, 2.05) is 62.4 Å². The average Bonchev–Trinajstić information content (AvgIpc) is 2.79. The van der Waals surface area contributed by atoms with E-state index in [2.05, 4.69) is 26.1 Å². The van der Waals surface area contributed by atoms with Crippen molar-refractivity contribution in [3.05, 3.63) is 93.8 Å². The molecule has 0 bridgehead atoms. The van der Waals surface area contributed by atoms with Gasteiger partial charge >= 0.3 is 5.69 Å². The lowest BCUT2D eigenvalue weighted by atomic mass is 10.0. The summed E-state index contributed by atoms with van der Waals surface area (Å²) in [5.74, 6) is -0.571. The molecule has 0 aliphatic carbocycles. The van der Waals surface area contributed by atoms with Gasteiger partial charge in [-0.3, -0.25) is 25.8 Å². The van der Waals surface area contributed by atoms with E-state index < -0.39 is 10.8 Å². The molecule has 4 rings (SSSR count). The number of aryl methyl sites for hydroxylation is 2. The van der Waals surface area contributed by atoms with Gasteiger partial charge < -0.3 is 5.32 Å². The third-order valence-corrected chi connectivity index (χ3v) is 5.10. The molecule has 1 heterocycles. The van der Waals surface area contributed by atoms with Crippen molar-refractivity contribution in [3.8, 4) is 0 Å². The lowest BCUT2D eigenvalue weighted by molar-refractivity contribution is -0.383. The number of amides is 1. The summed E-state index contributed by atoms with van der Waals surface area (Å²) in [6.45, 7) is 3.93. The van der Waals surface area contributed by atoms with Gasteiger partial charge in [0.1, 0.15) is 6.33 Å². The van der Waals surface area contributed by atoms with E-state index in [1.165, 1.54) is 6.33 Å². The number of benzene rings is 3. The molecule has 0 atom stereocenters. The fourth-order valence-electron chi connectivity index (χ4n) is 3.30. The van der Waals surface area contributed by atoms with Crippen LogP contribution in [0.1, 0.15) is 21.5 Å². The molecule has 32 heavy (non-hydrogen) atoms. The molecule has 0 fully saturated rings. The molecule has 0 aliphatic rings. The quantitative estimate of drug-likeness (QED) is 0.302. The van der Waals surface area contributed by atoms with Crippen molar-refractivity contribution in [1.29, 1.82) is 0 Å². The number of hydrazine groups is 1. The maximum absolute atomic E-state index is 12.8. The zero-order valence-corrected chi connectivity index (χ0v) is 17.4. The molecule has 0 radical (unpaired) electrons. The Hall–Kier alpha value is -4.53. The maximum atomic E-state index is 12.8. The molecular formula is C23H20N6O3. The highest BCUT2D eigenvalue weighted by Gasteiger charge is 2.24. The topological polar surface area (TPSA) is 122 Å². The summed E-state index contributed by atoms with van der Waals surface area (Å²) in [6.07, 6.45) is 1.18. The van der Waals surface area contributed by atoms with Crippen LogP contribution in [0.2, 0.25) is 0 Å². The van der Waals surface area contributed by atoms with E-state index in [4.69, 9.17) is 0 Å². The smallest absolute Gasteiger partial charge is 0.334 e. The van der Waals surface area contributed by atoms with E-state index in [0.29, 0.717) is 11.3 Å². The molecule has 160 valence electrons. The van der Waals surface area contributed by atoms with Gasteiger partial charge in [0, 0.05) is 11.3 Å². The maximum Gasteiger partial charge on any atom is 0.355 e. The molecule has 0 aliphatic heterocycles. The minimum atomic E-state index is -0.601. The second-order valence-corrected chi connectivity index (χ2v) is 7.21. The molecule has 3 aromatic carbocycles. The van der Waals surface area contributed by atoms with Crippen LogP contribution in [0.4, 0.5) is 23.0 Å². The Kier molecular flexibility index (Phi) is 5.63. The molecule has 1 amide bonds. The number of nitrogens with one attached hydrogen (secondary N) is 3. The summed E-state index contributed by atoms with van der Waals surface area (Å²) in [6, 6.07) is 18.4. The summed E-state index contributed by atoms with van der Waals surface area (Å²) in [5, 5.41) is 16.4. The summed E-state index contributed by atoms with van der Waals surface area (Å²) in [5.41, 5.74) is 7.91. The second kappa shape index (κ2) is 8.68. The Labute approximate surface area is 183 Å². The first-order valence-corrected chi connectivity index (χ1v) is 9.82. The van der Waals surface area contributed by atoms with Gasteiger partial charge in [-0.05, 0) is 53.9 Å². The fraction of sp³-hybridized carbons (Fsp3) is 0.0870. The van der Waals surface area contributed by atoms with Crippen LogP contribution >= 0.6 is 0 Å². The third kappa shape index (κ3) is 4.17. The standard InChI is InChI=1S/C23H20N6O3/c1-14-10-11-17(12-15(14)2)26-21-20(29(31)32)22(25-13-24-21)27-28-23(30)19-9-5-7-16-6-3-4-8-18(16)19/h3-13H,1-2H3,(H,28,30)(H2,24,25,26,27). The van der Waals surface area contributed by atoms with Crippen LogP contribution in [-0.4, -0.2) is 20.8 Å². The number of hydrogen-bond acceptors (Lipinski definition) is 7. The van der Waals surface area contributed by atoms with E-state index in [-0.39, 0.29) is 17.3 Å². The predicted molar refractivity (Wildman–Crippen MR) is 123 cm³/mol. The first kappa shape index (κ1) is 20.7. The zero-order valence-electron chi connectivity index (χ0n) is 17.4. The van der Waals surface area contributed by atoms with Crippen LogP contribution < -0.4 is 16.2 Å². The van der Waals surface area contributed by atoms with E-state index in [0.717, 1.165) is 21.9 Å². The van der Waals surface area contributed by atoms with Gasteiger partial charge in [0.15, 0.2) is 0 Å². The summed E-state index contributed by atoms with van der Waals surface area (Å²) >= 11 is 0. The number of carbonyl (C=O) groups is 1. The zero-order chi connectivity index (χ0) is 22.7. The van der Waals surface area contributed by atoms with Crippen molar-refractivity contribution >= 4 is 39.7 Å².